The molecule has 0 bridgehead atoms. The van der Waals surface area contributed by atoms with Gasteiger partial charge in [-0.2, -0.15) is 5.10 Å². The van der Waals surface area contributed by atoms with Crippen LogP contribution in [0, 0.1) is 17.0 Å². The van der Waals surface area contributed by atoms with E-state index in [4.69, 9.17) is 0 Å². The number of hydrogen-bond acceptors (Lipinski definition) is 6. The molecule has 23 heavy (non-hydrogen) atoms. The Hall–Kier alpha value is -3.23. The highest BCUT2D eigenvalue weighted by Crippen LogP contribution is 2.19. The third-order valence-corrected chi connectivity index (χ3v) is 3.68. The van der Waals surface area contributed by atoms with Gasteiger partial charge in [-0.05, 0) is 19.1 Å². The largest absolute Gasteiger partial charge is 0.376 e. The molecule has 0 spiro atoms. The number of rotatable bonds is 4. The van der Waals surface area contributed by atoms with E-state index in [1.54, 1.807) is 29.1 Å². The standard InChI is InChI=1S/C14H14N6O3/c1-9-10(8-16-18(9)2)7-15-13-12(20(22)23)14(21)19-6-4-3-5-11(19)17-13/h3-6,8,15H,7H2,1-2H3. The van der Waals surface area contributed by atoms with E-state index >= 15 is 0 Å². The molecule has 3 aromatic heterocycles. The van der Waals surface area contributed by atoms with Gasteiger partial charge in [0, 0.05) is 31.0 Å². The Kier molecular flexibility index (Phi) is 3.53. The molecule has 0 aliphatic rings. The van der Waals surface area contributed by atoms with Gasteiger partial charge in [-0.3, -0.25) is 24.0 Å². The Morgan fingerprint density at radius 1 is 1.39 bits per heavy atom. The maximum atomic E-state index is 12.3. The predicted molar refractivity (Wildman–Crippen MR) is 83.4 cm³/mol. The van der Waals surface area contributed by atoms with Crippen molar-refractivity contribution in [2.45, 2.75) is 13.5 Å². The number of fused-ring (bicyclic) bond motifs is 1. The van der Waals surface area contributed by atoms with E-state index in [-0.39, 0.29) is 12.4 Å². The van der Waals surface area contributed by atoms with Crippen LogP contribution in [0.5, 0.6) is 0 Å². The molecule has 3 aromatic rings. The van der Waals surface area contributed by atoms with Crippen molar-refractivity contribution >= 4 is 17.2 Å². The zero-order valence-corrected chi connectivity index (χ0v) is 12.6. The first-order valence-corrected chi connectivity index (χ1v) is 6.86. The topological polar surface area (TPSA) is 107 Å². The van der Waals surface area contributed by atoms with Crippen molar-refractivity contribution in [2.24, 2.45) is 7.05 Å². The Bertz CT molecular complexity index is 959. The second kappa shape index (κ2) is 5.52. The Labute approximate surface area is 130 Å². The number of hydrogen-bond donors (Lipinski definition) is 1. The van der Waals surface area contributed by atoms with Gasteiger partial charge < -0.3 is 5.32 Å². The summed E-state index contributed by atoms with van der Waals surface area (Å²) in [6.45, 7) is 2.18. The summed E-state index contributed by atoms with van der Waals surface area (Å²) in [6.07, 6.45) is 3.12. The summed E-state index contributed by atoms with van der Waals surface area (Å²) in [4.78, 5) is 27.0. The summed E-state index contributed by atoms with van der Waals surface area (Å²) in [5.41, 5.74) is 0.851. The van der Waals surface area contributed by atoms with Crippen LogP contribution in [0.15, 0.2) is 35.4 Å². The predicted octanol–water partition coefficient (Wildman–Crippen LogP) is 1.26. The zero-order chi connectivity index (χ0) is 16.6. The molecule has 1 N–H and O–H groups in total. The number of nitro groups is 1. The Morgan fingerprint density at radius 2 is 2.17 bits per heavy atom. The Balaban J connectivity index is 2.05. The molecule has 0 aliphatic heterocycles. The van der Waals surface area contributed by atoms with Crippen molar-refractivity contribution in [3.05, 3.63) is 62.3 Å². The van der Waals surface area contributed by atoms with E-state index in [0.717, 1.165) is 15.7 Å². The van der Waals surface area contributed by atoms with Crippen LogP contribution in [0.25, 0.3) is 5.65 Å². The molecule has 0 saturated carbocycles. The highest BCUT2D eigenvalue weighted by atomic mass is 16.6. The van der Waals surface area contributed by atoms with E-state index in [2.05, 4.69) is 15.4 Å². The van der Waals surface area contributed by atoms with Gasteiger partial charge in [0.15, 0.2) is 0 Å². The van der Waals surface area contributed by atoms with Gasteiger partial charge in [0.1, 0.15) is 5.65 Å². The average Bonchev–Trinajstić information content (AvgIpc) is 2.84. The van der Waals surface area contributed by atoms with Crippen molar-refractivity contribution in [2.75, 3.05) is 5.32 Å². The highest BCUT2D eigenvalue weighted by molar-refractivity contribution is 5.59. The molecule has 0 fully saturated rings. The number of aromatic nitrogens is 4. The van der Waals surface area contributed by atoms with E-state index < -0.39 is 16.2 Å². The fourth-order valence-electron chi connectivity index (χ4n) is 2.26. The van der Waals surface area contributed by atoms with Gasteiger partial charge in [-0.15, -0.1) is 0 Å². The first-order chi connectivity index (χ1) is 11.0. The Morgan fingerprint density at radius 3 is 2.83 bits per heavy atom. The van der Waals surface area contributed by atoms with Gasteiger partial charge >= 0.3 is 11.2 Å². The number of nitrogens with zero attached hydrogens (tertiary/aromatic N) is 5. The minimum atomic E-state index is -0.717. The second-order valence-electron chi connectivity index (χ2n) is 5.03. The monoisotopic (exact) mass is 314 g/mol. The van der Waals surface area contributed by atoms with Crippen molar-refractivity contribution < 1.29 is 4.92 Å². The van der Waals surface area contributed by atoms with Crippen LogP contribution in [-0.4, -0.2) is 24.1 Å². The summed E-state index contributed by atoms with van der Waals surface area (Å²) in [5, 5.41) is 18.3. The molecule has 9 nitrogen and oxygen atoms in total. The normalized spacial score (nSPS) is 10.9. The molecular weight excluding hydrogens is 300 g/mol. The van der Waals surface area contributed by atoms with E-state index in [9.17, 15) is 14.9 Å². The summed E-state index contributed by atoms with van der Waals surface area (Å²) in [7, 11) is 1.81. The van der Waals surface area contributed by atoms with Gasteiger partial charge in [-0.25, -0.2) is 4.98 Å². The molecule has 0 saturated heterocycles. The summed E-state index contributed by atoms with van der Waals surface area (Å²) in [6, 6.07) is 4.94. The second-order valence-corrected chi connectivity index (χ2v) is 5.03. The van der Waals surface area contributed by atoms with Crippen molar-refractivity contribution in [1.29, 1.82) is 0 Å². The molecule has 0 aliphatic carbocycles. The van der Waals surface area contributed by atoms with Crippen LogP contribution in [0.1, 0.15) is 11.3 Å². The van der Waals surface area contributed by atoms with Crippen LogP contribution in [-0.2, 0) is 13.6 Å². The fraction of sp³-hybridized carbons (Fsp3) is 0.214. The average molecular weight is 314 g/mol. The lowest BCUT2D eigenvalue weighted by Crippen LogP contribution is -2.21. The molecule has 0 atom stereocenters. The maximum absolute atomic E-state index is 12.3. The van der Waals surface area contributed by atoms with Gasteiger partial charge in [0.25, 0.3) is 0 Å². The molecule has 0 aromatic carbocycles. The summed E-state index contributed by atoms with van der Waals surface area (Å²) < 4.78 is 2.85. The van der Waals surface area contributed by atoms with E-state index in [0.29, 0.717) is 5.65 Å². The number of anilines is 1. The number of nitrogens with one attached hydrogen (secondary N) is 1. The zero-order valence-electron chi connectivity index (χ0n) is 12.6. The minimum Gasteiger partial charge on any atom is -0.360 e. The van der Waals surface area contributed by atoms with Crippen molar-refractivity contribution in [3.63, 3.8) is 0 Å². The van der Waals surface area contributed by atoms with Crippen LogP contribution < -0.4 is 10.9 Å². The third-order valence-electron chi connectivity index (χ3n) is 3.68. The quantitative estimate of drug-likeness (QED) is 0.574. The fourth-order valence-corrected chi connectivity index (χ4v) is 2.26. The molecular formula is C14H14N6O3. The molecule has 0 radical (unpaired) electrons. The lowest BCUT2D eigenvalue weighted by atomic mass is 10.2. The SMILES string of the molecule is Cc1c(CNc2nc3ccccn3c(=O)c2[N+](=O)[O-])cnn1C. The number of pyridine rings is 1. The van der Waals surface area contributed by atoms with Gasteiger partial charge in [-0.1, -0.05) is 6.07 Å². The van der Waals surface area contributed by atoms with Crippen LogP contribution in [0.2, 0.25) is 0 Å². The van der Waals surface area contributed by atoms with Crippen molar-refractivity contribution in [1.82, 2.24) is 19.2 Å². The van der Waals surface area contributed by atoms with E-state index in [1.807, 2.05) is 14.0 Å². The lowest BCUT2D eigenvalue weighted by Gasteiger charge is -2.07. The minimum absolute atomic E-state index is 0.0468. The van der Waals surface area contributed by atoms with Crippen LogP contribution in [0.3, 0.4) is 0 Å². The molecule has 3 heterocycles. The molecule has 3 rings (SSSR count). The van der Waals surface area contributed by atoms with Gasteiger partial charge in [0.2, 0.25) is 5.82 Å². The number of aryl methyl sites for hydroxylation is 1. The molecule has 0 amide bonds. The van der Waals surface area contributed by atoms with Crippen LogP contribution in [0.4, 0.5) is 11.5 Å². The highest BCUT2D eigenvalue weighted by Gasteiger charge is 2.23. The third kappa shape index (κ3) is 2.52. The smallest absolute Gasteiger partial charge is 0.360 e. The van der Waals surface area contributed by atoms with Crippen LogP contribution >= 0.6 is 0 Å². The summed E-state index contributed by atoms with van der Waals surface area (Å²) >= 11 is 0. The molecule has 0 unspecified atom stereocenters. The first-order valence-electron chi connectivity index (χ1n) is 6.86. The first kappa shape index (κ1) is 14.7. The molecule has 118 valence electrons. The molecule has 9 heteroatoms. The maximum Gasteiger partial charge on any atom is 0.376 e. The lowest BCUT2D eigenvalue weighted by molar-refractivity contribution is -0.385. The summed E-state index contributed by atoms with van der Waals surface area (Å²) in [5.74, 6) is -0.0468. The van der Waals surface area contributed by atoms with Gasteiger partial charge in [0.05, 0.1) is 11.1 Å². The van der Waals surface area contributed by atoms with Crippen molar-refractivity contribution in [3.8, 4) is 0 Å². The van der Waals surface area contributed by atoms with E-state index in [1.165, 1.54) is 6.20 Å².